The summed E-state index contributed by atoms with van der Waals surface area (Å²) in [5.41, 5.74) is 0.271. The fraction of sp³-hybridized carbons (Fsp3) is 0.750. The maximum absolute atomic E-state index is 12.9. The van der Waals surface area contributed by atoms with E-state index in [4.69, 9.17) is 23.8 Å². The van der Waals surface area contributed by atoms with Gasteiger partial charge in [-0.25, -0.2) is 15.1 Å². The summed E-state index contributed by atoms with van der Waals surface area (Å²) < 4.78 is 22.7. The molecule has 0 aromatic carbocycles. The highest BCUT2D eigenvalue weighted by Gasteiger charge is 2.44. The third-order valence-electron chi connectivity index (χ3n) is 5.05. The summed E-state index contributed by atoms with van der Waals surface area (Å²) in [6.45, 7) is 5.99. The van der Waals surface area contributed by atoms with Crippen LogP contribution in [0.4, 0.5) is 5.82 Å². The zero-order chi connectivity index (χ0) is 24.4. The van der Waals surface area contributed by atoms with Crippen molar-refractivity contribution in [2.75, 3.05) is 51.7 Å². The van der Waals surface area contributed by atoms with Crippen LogP contribution in [0.25, 0.3) is 0 Å². The first-order valence-electron chi connectivity index (χ1n) is 10.8. The number of aliphatic hydroxyl groups is 3. The van der Waals surface area contributed by atoms with E-state index in [2.05, 4.69) is 10.5 Å². The Balaban J connectivity index is 2.12. The Bertz CT molecular complexity index is 783. The van der Waals surface area contributed by atoms with Crippen molar-refractivity contribution in [3.63, 3.8) is 0 Å². The number of aromatic nitrogens is 2. The highest BCUT2D eigenvalue weighted by Crippen LogP contribution is 2.28. The van der Waals surface area contributed by atoms with E-state index in [1.165, 1.54) is 12.3 Å². The Morgan fingerprint density at radius 1 is 1.12 bits per heavy atom. The summed E-state index contributed by atoms with van der Waals surface area (Å²) in [4.78, 5) is 34.3. The molecule has 1 saturated heterocycles. The first kappa shape index (κ1) is 27.1. The number of nitrogens with zero attached hydrogens (tertiary/aromatic N) is 2. The molecule has 1 aliphatic rings. The van der Waals surface area contributed by atoms with Gasteiger partial charge in [-0.15, -0.1) is 0 Å². The Morgan fingerprint density at radius 2 is 1.70 bits per heavy atom. The van der Waals surface area contributed by atoms with Crippen molar-refractivity contribution in [3.05, 3.63) is 22.7 Å². The molecule has 2 rings (SSSR count). The van der Waals surface area contributed by atoms with Crippen LogP contribution in [0.2, 0.25) is 0 Å². The molecule has 4 atom stereocenters. The summed E-state index contributed by atoms with van der Waals surface area (Å²) >= 11 is 0. The van der Waals surface area contributed by atoms with Crippen molar-refractivity contribution in [2.45, 2.75) is 45.3 Å². The van der Waals surface area contributed by atoms with Crippen molar-refractivity contribution in [1.29, 1.82) is 0 Å². The van der Waals surface area contributed by atoms with E-state index < -0.39 is 48.2 Å². The van der Waals surface area contributed by atoms with Gasteiger partial charge in [0.1, 0.15) is 23.7 Å². The lowest BCUT2D eigenvalue weighted by molar-refractivity contribution is -0.168. The van der Waals surface area contributed by atoms with Crippen molar-refractivity contribution >= 4 is 11.8 Å². The number of carbonyl (C=O) groups excluding carboxylic acids is 1. The average molecular weight is 475 g/mol. The Hall–Kier alpha value is -2.13. The molecule has 1 fully saturated rings. The monoisotopic (exact) mass is 475 g/mol. The third kappa shape index (κ3) is 6.69. The second-order valence-corrected chi connectivity index (χ2v) is 7.41. The molecule has 1 aliphatic heterocycles. The van der Waals surface area contributed by atoms with Gasteiger partial charge >= 0.3 is 11.7 Å². The molecule has 0 spiro atoms. The summed E-state index contributed by atoms with van der Waals surface area (Å²) in [5.74, 6) is -0.790. The molecule has 0 amide bonds. The predicted molar refractivity (Wildman–Crippen MR) is 113 cm³/mol. The van der Waals surface area contributed by atoms with Crippen LogP contribution in [0.3, 0.4) is 0 Å². The molecule has 188 valence electrons. The number of ether oxygens (including phenoxy) is 4. The lowest BCUT2D eigenvalue weighted by atomic mass is 9.91. The van der Waals surface area contributed by atoms with Gasteiger partial charge in [0.15, 0.2) is 12.0 Å². The van der Waals surface area contributed by atoms with E-state index in [9.17, 15) is 24.9 Å². The Kier molecular flexibility index (Phi) is 10.6. The number of rotatable bonds is 14. The van der Waals surface area contributed by atoms with Crippen molar-refractivity contribution in [2.24, 2.45) is 5.41 Å². The maximum Gasteiger partial charge on any atom is 0.351 e. The minimum atomic E-state index is -1.44. The summed E-state index contributed by atoms with van der Waals surface area (Å²) in [7, 11) is 0. The Labute approximate surface area is 191 Å². The lowest BCUT2D eigenvalue weighted by Crippen LogP contribution is -2.46. The van der Waals surface area contributed by atoms with Gasteiger partial charge in [0, 0.05) is 32.1 Å². The number of carbonyl (C=O) groups is 1. The van der Waals surface area contributed by atoms with E-state index in [-0.39, 0.29) is 25.6 Å². The molecule has 0 radical (unpaired) electrons. The highest BCUT2D eigenvalue weighted by molar-refractivity contribution is 5.78. The second-order valence-electron chi connectivity index (χ2n) is 7.41. The molecule has 13 nitrogen and oxygen atoms in total. The number of anilines is 1. The van der Waals surface area contributed by atoms with Gasteiger partial charge in [-0.2, -0.15) is 4.98 Å². The van der Waals surface area contributed by atoms with Crippen LogP contribution in [-0.4, -0.2) is 95.4 Å². The summed E-state index contributed by atoms with van der Waals surface area (Å²) in [5, 5.41) is 29.2. The minimum Gasteiger partial charge on any atom is -0.394 e. The van der Waals surface area contributed by atoms with E-state index in [1.807, 2.05) is 0 Å². The first-order valence-corrected chi connectivity index (χ1v) is 10.8. The van der Waals surface area contributed by atoms with E-state index in [1.54, 1.807) is 20.8 Å². The van der Waals surface area contributed by atoms with Crippen LogP contribution >= 0.6 is 0 Å². The minimum absolute atomic E-state index is 0.00426. The molecule has 0 bridgehead atoms. The van der Waals surface area contributed by atoms with Crippen LogP contribution in [-0.2, 0) is 28.6 Å². The van der Waals surface area contributed by atoms with Crippen LogP contribution < -0.4 is 11.2 Å². The number of hydrogen-bond acceptors (Lipinski definition) is 12. The second kappa shape index (κ2) is 12.9. The molecule has 1 aromatic heterocycles. The molecule has 33 heavy (non-hydrogen) atoms. The zero-order valence-electron chi connectivity index (χ0n) is 19.0. The zero-order valence-corrected chi connectivity index (χ0v) is 19.0. The third-order valence-corrected chi connectivity index (χ3v) is 5.05. The van der Waals surface area contributed by atoms with Gasteiger partial charge < -0.3 is 39.1 Å². The quantitative estimate of drug-likeness (QED) is 0.238. The summed E-state index contributed by atoms with van der Waals surface area (Å²) in [6, 6.07) is 1.32. The Morgan fingerprint density at radius 3 is 2.15 bits per heavy atom. The standard InChI is InChI=1S/C20H33N3O10/c1-4-29-10-20(11-30-5-2,12-31-6-3)18(27)33-22-14-7-8-23(19(28)21-14)17-16(26)15(25)13(9-24)32-17/h7-8,13,15-17,24-26H,4-6,9-12H2,1-3H3,(H,21,22,28)/t13-,15-,16-,17-/m1/s1. The van der Waals surface area contributed by atoms with Crippen LogP contribution in [0.15, 0.2) is 17.1 Å². The van der Waals surface area contributed by atoms with E-state index in [0.29, 0.717) is 19.8 Å². The molecule has 0 unspecified atom stereocenters. The molecular formula is C20H33N3O10. The van der Waals surface area contributed by atoms with Gasteiger partial charge in [-0.05, 0) is 20.8 Å². The molecule has 1 aromatic rings. The van der Waals surface area contributed by atoms with Crippen molar-refractivity contribution in [1.82, 2.24) is 9.55 Å². The first-order chi connectivity index (χ1) is 15.8. The number of nitrogens with one attached hydrogen (secondary N) is 1. The maximum atomic E-state index is 12.9. The fourth-order valence-electron chi connectivity index (χ4n) is 3.17. The van der Waals surface area contributed by atoms with E-state index in [0.717, 1.165) is 4.57 Å². The smallest absolute Gasteiger partial charge is 0.351 e. The van der Waals surface area contributed by atoms with Gasteiger partial charge in [-0.3, -0.25) is 4.57 Å². The molecule has 2 heterocycles. The predicted octanol–water partition coefficient (Wildman–Crippen LogP) is -1.18. The molecule has 4 N–H and O–H groups in total. The lowest BCUT2D eigenvalue weighted by Gasteiger charge is -2.30. The molecule has 0 saturated carbocycles. The van der Waals surface area contributed by atoms with Crippen LogP contribution in [0.5, 0.6) is 0 Å². The van der Waals surface area contributed by atoms with Crippen LogP contribution in [0.1, 0.15) is 27.0 Å². The van der Waals surface area contributed by atoms with Crippen molar-refractivity contribution in [3.8, 4) is 0 Å². The van der Waals surface area contributed by atoms with E-state index >= 15 is 0 Å². The average Bonchev–Trinajstić information content (AvgIpc) is 3.10. The molecular weight excluding hydrogens is 442 g/mol. The van der Waals surface area contributed by atoms with Gasteiger partial charge in [0.25, 0.3) is 0 Å². The normalized spacial score (nSPS) is 23.0. The molecule has 13 heteroatoms. The van der Waals surface area contributed by atoms with Crippen molar-refractivity contribution < 1.29 is 43.9 Å². The highest BCUT2D eigenvalue weighted by atomic mass is 16.7. The largest absolute Gasteiger partial charge is 0.394 e. The molecule has 0 aliphatic carbocycles. The number of hydrogen-bond donors (Lipinski definition) is 4. The van der Waals surface area contributed by atoms with Gasteiger partial charge in [0.05, 0.1) is 26.4 Å². The van der Waals surface area contributed by atoms with Crippen LogP contribution in [0, 0.1) is 5.41 Å². The summed E-state index contributed by atoms with van der Waals surface area (Å²) in [6.07, 6.45) is -3.82. The topological polar surface area (TPSA) is 171 Å². The van der Waals surface area contributed by atoms with Gasteiger partial charge in [0.2, 0.25) is 0 Å². The van der Waals surface area contributed by atoms with Gasteiger partial charge in [-0.1, -0.05) is 0 Å². The fourth-order valence-corrected chi connectivity index (χ4v) is 3.17. The SMILES string of the molecule is CCOCC(COCC)(COCC)C(=O)ONc1ccn([C@@H]2O[C@H](CO)[C@@H](O)[C@H]2O)c(=O)n1. The number of aliphatic hydroxyl groups excluding tert-OH is 3.